The molecule has 2 aromatic rings. The lowest BCUT2D eigenvalue weighted by Gasteiger charge is -2.33. The number of amides is 4. The molecule has 1 aliphatic heterocycles. The van der Waals surface area contributed by atoms with Crippen molar-refractivity contribution < 1.29 is 38.6 Å². The number of rotatable bonds is 10. The van der Waals surface area contributed by atoms with Gasteiger partial charge < -0.3 is 35.4 Å². The van der Waals surface area contributed by atoms with Gasteiger partial charge >= 0.3 is 18.2 Å². The molecule has 1 saturated carbocycles. The summed E-state index contributed by atoms with van der Waals surface area (Å²) in [6.45, 7) is 14.4. The fourth-order valence-electron chi connectivity index (χ4n) is 6.65. The molecule has 12 nitrogen and oxygen atoms in total. The van der Waals surface area contributed by atoms with Gasteiger partial charge in [-0.15, -0.1) is 0 Å². The van der Waals surface area contributed by atoms with E-state index in [2.05, 4.69) is 16.0 Å². The van der Waals surface area contributed by atoms with Crippen LogP contribution in [0.4, 0.5) is 9.59 Å². The van der Waals surface area contributed by atoms with E-state index in [1.54, 1.807) is 11.0 Å². The number of carbonyl (C=O) groups excluding carboxylic acids is 4. The van der Waals surface area contributed by atoms with Crippen molar-refractivity contribution in [2.45, 2.75) is 117 Å². The summed E-state index contributed by atoms with van der Waals surface area (Å²) in [5.74, 6) is -1.54. The second kappa shape index (κ2) is 17.3. The molecule has 0 aromatic heterocycles. The number of piperidine rings is 1. The van der Waals surface area contributed by atoms with Gasteiger partial charge in [0.15, 0.2) is 0 Å². The molecular formula is C40H56N4O8. The molecule has 12 heteroatoms. The number of ether oxygens (including phenoxy) is 2. The van der Waals surface area contributed by atoms with Crippen LogP contribution in [0.25, 0.3) is 11.1 Å². The van der Waals surface area contributed by atoms with Gasteiger partial charge in [0.1, 0.15) is 17.2 Å². The van der Waals surface area contributed by atoms with Crippen molar-refractivity contribution in [1.29, 1.82) is 0 Å². The fraction of sp³-hybridized carbons (Fsp3) is 0.575. The van der Waals surface area contributed by atoms with E-state index < -0.39 is 29.3 Å². The highest BCUT2D eigenvalue weighted by molar-refractivity contribution is 5.95. The number of carboxylic acid groups (broad SMARTS) is 1. The molecule has 0 spiro atoms. The molecule has 1 heterocycles. The van der Waals surface area contributed by atoms with Gasteiger partial charge in [-0.05, 0) is 127 Å². The highest BCUT2D eigenvalue weighted by Gasteiger charge is 2.31. The molecule has 1 saturated heterocycles. The Hall–Kier alpha value is -4.61. The average Bonchev–Trinajstić information content (AvgIpc) is 3.06. The van der Waals surface area contributed by atoms with Crippen molar-refractivity contribution in [3.8, 4) is 11.1 Å². The summed E-state index contributed by atoms with van der Waals surface area (Å²) >= 11 is 0. The van der Waals surface area contributed by atoms with Crippen molar-refractivity contribution in [2.75, 3.05) is 19.6 Å². The van der Waals surface area contributed by atoms with Crippen molar-refractivity contribution in [3.63, 3.8) is 0 Å². The molecule has 4 amide bonds. The summed E-state index contributed by atoms with van der Waals surface area (Å²) < 4.78 is 10.8. The zero-order valence-corrected chi connectivity index (χ0v) is 31.7. The van der Waals surface area contributed by atoms with E-state index in [1.165, 1.54) is 0 Å². The van der Waals surface area contributed by atoms with Gasteiger partial charge in [0.05, 0.1) is 0 Å². The molecule has 0 bridgehead atoms. The smallest absolute Gasteiger partial charge is 0.410 e. The number of aliphatic carboxylic acids is 1. The molecular weight excluding hydrogens is 664 g/mol. The second-order valence-corrected chi connectivity index (χ2v) is 16.1. The van der Waals surface area contributed by atoms with Crippen molar-refractivity contribution >= 4 is 30.0 Å². The molecule has 1 aliphatic carbocycles. The molecule has 4 N–H and O–H groups in total. The van der Waals surface area contributed by atoms with E-state index >= 15 is 0 Å². The number of nitrogens with one attached hydrogen (secondary N) is 3. The Kier molecular flexibility index (Phi) is 13.3. The van der Waals surface area contributed by atoms with Crippen LogP contribution < -0.4 is 16.0 Å². The van der Waals surface area contributed by atoms with Gasteiger partial charge in [-0.3, -0.25) is 9.59 Å². The van der Waals surface area contributed by atoms with E-state index in [4.69, 9.17) is 9.47 Å². The predicted molar refractivity (Wildman–Crippen MR) is 198 cm³/mol. The number of likely N-dealkylation sites (tertiary alicyclic amines) is 1. The van der Waals surface area contributed by atoms with Crippen molar-refractivity contribution in [3.05, 3.63) is 59.2 Å². The van der Waals surface area contributed by atoms with E-state index in [9.17, 15) is 29.1 Å². The highest BCUT2D eigenvalue weighted by atomic mass is 16.6. The quantitative estimate of drug-likeness (QED) is 0.224. The molecule has 2 aliphatic rings. The first-order valence-electron chi connectivity index (χ1n) is 18.4. The molecule has 4 rings (SSSR count). The second-order valence-electron chi connectivity index (χ2n) is 16.1. The standard InChI is InChI=1S/C40H56N4O8/c1-25-22-30(35(46)42-31-18-20-44(21-19-31)38(50)52-40(5,6)7)16-17-32(25)28-12-8-26(9-13-28)23-33(36(47)48)43-34(45)29-14-10-27(11-15-29)24-41-37(49)51-39(2,3)4/h8-9,12-13,16-17,22,27,29,31,33H,10-11,14-15,18-21,23-24H2,1-7H3,(H,41,49)(H,42,46)(H,43,45)(H,47,48). The number of aryl methyl sites for hydroxylation is 1. The number of nitrogens with zero attached hydrogens (tertiary/aromatic N) is 1. The Morgan fingerprint density at radius 3 is 2.02 bits per heavy atom. The molecule has 1 atom stereocenters. The number of carboxylic acids is 1. The third-order valence-corrected chi connectivity index (χ3v) is 9.44. The van der Waals surface area contributed by atoms with Crippen molar-refractivity contribution in [1.82, 2.24) is 20.9 Å². The van der Waals surface area contributed by atoms with Gasteiger partial charge in [0.25, 0.3) is 5.91 Å². The first-order chi connectivity index (χ1) is 24.4. The lowest BCUT2D eigenvalue weighted by molar-refractivity contribution is -0.142. The van der Waals surface area contributed by atoms with Crippen LogP contribution in [-0.4, -0.2) is 82.9 Å². The zero-order chi connectivity index (χ0) is 38.2. The summed E-state index contributed by atoms with van der Waals surface area (Å²) in [5, 5.41) is 18.6. The summed E-state index contributed by atoms with van der Waals surface area (Å²) in [4.78, 5) is 64.3. The minimum absolute atomic E-state index is 0.0343. The predicted octanol–water partition coefficient (Wildman–Crippen LogP) is 6.23. The minimum atomic E-state index is -1.09. The Morgan fingerprint density at radius 2 is 1.46 bits per heavy atom. The summed E-state index contributed by atoms with van der Waals surface area (Å²) in [5.41, 5.74) is 3.02. The molecule has 52 heavy (non-hydrogen) atoms. The molecule has 1 unspecified atom stereocenters. The SMILES string of the molecule is Cc1cc(C(=O)NC2CCN(C(=O)OC(C)(C)C)CC2)ccc1-c1ccc(CC(NC(=O)C2CCC(CNC(=O)OC(C)(C)C)CC2)C(=O)O)cc1. The van der Waals surface area contributed by atoms with Gasteiger partial charge in [-0.1, -0.05) is 30.3 Å². The maximum absolute atomic E-state index is 13.1. The Labute approximate surface area is 307 Å². The number of alkyl carbamates (subject to hydrolysis) is 1. The van der Waals surface area contributed by atoms with Crippen LogP contribution in [0.15, 0.2) is 42.5 Å². The lowest BCUT2D eigenvalue weighted by Crippen LogP contribution is -2.47. The first kappa shape index (κ1) is 40.2. The lowest BCUT2D eigenvalue weighted by atomic mass is 9.81. The first-order valence-corrected chi connectivity index (χ1v) is 18.4. The van der Waals surface area contributed by atoms with Crippen LogP contribution in [0.2, 0.25) is 0 Å². The van der Waals surface area contributed by atoms with Crippen LogP contribution >= 0.6 is 0 Å². The monoisotopic (exact) mass is 720 g/mol. The zero-order valence-electron chi connectivity index (χ0n) is 31.7. The summed E-state index contributed by atoms with van der Waals surface area (Å²) in [6.07, 6.45) is 3.43. The van der Waals surface area contributed by atoms with Gasteiger partial charge in [0, 0.05) is 43.6 Å². The maximum Gasteiger partial charge on any atom is 0.410 e. The number of hydrogen-bond donors (Lipinski definition) is 4. The molecule has 0 radical (unpaired) electrons. The number of carbonyl (C=O) groups is 5. The van der Waals surface area contributed by atoms with Crippen LogP contribution in [0.1, 0.15) is 102 Å². The van der Waals surface area contributed by atoms with Gasteiger partial charge in [0.2, 0.25) is 5.91 Å². The van der Waals surface area contributed by atoms with E-state index in [0.29, 0.717) is 50.9 Å². The Morgan fingerprint density at radius 1 is 0.846 bits per heavy atom. The summed E-state index contributed by atoms with van der Waals surface area (Å²) in [6, 6.07) is 12.0. The normalized spacial score (nSPS) is 18.9. The Bertz CT molecular complexity index is 1580. The number of benzene rings is 2. The van der Waals surface area contributed by atoms with E-state index in [0.717, 1.165) is 35.1 Å². The maximum atomic E-state index is 13.1. The Balaban J connectivity index is 1.25. The number of hydrogen-bond acceptors (Lipinski definition) is 7. The summed E-state index contributed by atoms with van der Waals surface area (Å²) in [7, 11) is 0. The third-order valence-electron chi connectivity index (χ3n) is 9.44. The molecule has 284 valence electrons. The minimum Gasteiger partial charge on any atom is -0.480 e. The van der Waals surface area contributed by atoms with Gasteiger partial charge in [-0.2, -0.15) is 0 Å². The van der Waals surface area contributed by atoms with Gasteiger partial charge in [-0.25, -0.2) is 14.4 Å². The average molecular weight is 721 g/mol. The van der Waals surface area contributed by atoms with E-state index in [1.807, 2.05) is 84.9 Å². The van der Waals surface area contributed by atoms with Crippen molar-refractivity contribution in [2.24, 2.45) is 11.8 Å². The van der Waals surface area contributed by atoms with E-state index in [-0.39, 0.29) is 42.2 Å². The topological polar surface area (TPSA) is 163 Å². The molecule has 2 aromatic carbocycles. The van der Waals surface area contributed by atoms with Crippen LogP contribution in [0, 0.1) is 18.8 Å². The fourth-order valence-corrected chi connectivity index (χ4v) is 6.65. The third kappa shape index (κ3) is 12.3. The van der Waals surface area contributed by atoms with Crippen LogP contribution in [0.5, 0.6) is 0 Å². The molecule has 2 fully saturated rings. The van der Waals surface area contributed by atoms with Crippen LogP contribution in [-0.2, 0) is 25.5 Å². The highest BCUT2D eigenvalue weighted by Crippen LogP contribution is 2.29. The largest absolute Gasteiger partial charge is 0.480 e. The van der Waals surface area contributed by atoms with Crippen LogP contribution in [0.3, 0.4) is 0 Å².